The molecule has 1 aromatic carbocycles. The fourth-order valence-electron chi connectivity index (χ4n) is 3.61. The highest BCUT2D eigenvalue weighted by Crippen LogP contribution is 2.22. The lowest BCUT2D eigenvalue weighted by atomic mass is 9.99. The summed E-state index contributed by atoms with van der Waals surface area (Å²) in [5.41, 5.74) is 2.60. The van der Waals surface area contributed by atoms with E-state index in [1.807, 2.05) is 24.0 Å². The molecule has 0 saturated carbocycles. The van der Waals surface area contributed by atoms with E-state index in [0.29, 0.717) is 23.3 Å². The molecule has 150 valence electrons. The van der Waals surface area contributed by atoms with Gasteiger partial charge >= 0.3 is 0 Å². The van der Waals surface area contributed by atoms with Gasteiger partial charge in [-0.15, -0.1) is 0 Å². The zero-order chi connectivity index (χ0) is 20.1. The minimum Gasteiger partial charge on any atom is -0.372 e. The molecule has 3 rings (SSSR count). The first kappa shape index (κ1) is 20.1. The fourth-order valence-corrected chi connectivity index (χ4v) is 3.61. The molecule has 1 amide bonds. The summed E-state index contributed by atoms with van der Waals surface area (Å²) >= 11 is 0. The van der Waals surface area contributed by atoms with Crippen molar-refractivity contribution >= 4 is 23.1 Å². The van der Waals surface area contributed by atoms with Gasteiger partial charge in [-0.3, -0.25) is 4.79 Å². The highest BCUT2D eigenvalue weighted by Gasteiger charge is 2.23. The highest BCUT2D eigenvalue weighted by atomic mass is 16.2. The number of hydrogen-bond donors (Lipinski definition) is 1. The number of aromatic nitrogens is 2. The summed E-state index contributed by atoms with van der Waals surface area (Å²) in [5.74, 6) is 1.93. The summed E-state index contributed by atoms with van der Waals surface area (Å²) in [4.78, 5) is 25.9. The molecular weight excluding hydrogens is 350 g/mol. The molecule has 6 heteroatoms. The molecule has 1 aromatic heterocycles. The molecule has 1 N–H and O–H groups in total. The summed E-state index contributed by atoms with van der Waals surface area (Å²) in [6, 6.07) is 10.0. The van der Waals surface area contributed by atoms with E-state index < -0.39 is 0 Å². The van der Waals surface area contributed by atoms with E-state index >= 15 is 0 Å². The van der Waals surface area contributed by atoms with E-state index in [4.69, 9.17) is 0 Å². The summed E-state index contributed by atoms with van der Waals surface area (Å²) in [6.07, 6.45) is 2.11. The van der Waals surface area contributed by atoms with Gasteiger partial charge in [0.25, 0.3) is 5.91 Å². The quantitative estimate of drug-likeness (QED) is 0.811. The molecule has 0 aliphatic carbocycles. The van der Waals surface area contributed by atoms with Crippen molar-refractivity contribution in [2.45, 2.75) is 40.5 Å². The molecule has 1 fully saturated rings. The maximum absolute atomic E-state index is 12.9. The molecule has 1 saturated heterocycles. The van der Waals surface area contributed by atoms with Crippen LogP contribution in [0.25, 0.3) is 0 Å². The molecule has 2 heterocycles. The van der Waals surface area contributed by atoms with Crippen molar-refractivity contribution in [2.24, 2.45) is 5.92 Å². The monoisotopic (exact) mass is 381 g/mol. The van der Waals surface area contributed by atoms with Crippen molar-refractivity contribution in [1.82, 2.24) is 14.9 Å². The zero-order valence-corrected chi connectivity index (χ0v) is 17.4. The number of piperidine rings is 1. The first-order valence-electron chi connectivity index (χ1n) is 10.3. The zero-order valence-electron chi connectivity index (χ0n) is 17.4. The van der Waals surface area contributed by atoms with Gasteiger partial charge in [0.05, 0.1) is 0 Å². The third-order valence-electron chi connectivity index (χ3n) is 5.40. The number of rotatable bonds is 6. The van der Waals surface area contributed by atoms with Crippen LogP contribution in [0, 0.1) is 12.8 Å². The number of likely N-dealkylation sites (tertiary alicyclic amines) is 1. The van der Waals surface area contributed by atoms with Crippen LogP contribution in [0.3, 0.4) is 0 Å². The van der Waals surface area contributed by atoms with Crippen LogP contribution in [0.4, 0.5) is 17.2 Å². The largest absolute Gasteiger partial charge is 0.372 e. The lowest BCUT2D eigenvalue weighted by molar-refractivity contribution is 0.0691. The third-order valence-corrected chi connectivity index (χ3v) is 5.40. The van der Waals surface area contributed by atoms with Crippen LogP contribution in [0.1, 0.15) is 49.9 Å². The fraction of sp³-hybridized carbons (Fsp3) is 0.500. The molecule has 1 aliphatic rings. The number of hydrogen-bond acceptors (Lipinski definition) is 5. The first-order chi connectivity index (χ1) is 13.5. The van der Waals surface area contributed by atoms with Gasteiger partial charge in [-0.05, 0) is 63.8 Å². The van der Waals surface area contributed by atoms with Crippen LogP contribution in [0.2, 0.25) is 0 Å². The van der Waals surface area contributed by atoms with Crippen LogP contribution >= 0.6 is 0 Å². The number of amides is 1. The number of benzene rings is 1. The number of carbonyl (C=O) groups excluding carboxylic acids is 1. The molecule has 1 aliphatic heterocycles. The second-order valence-corrected chi connectivity index (χ2v) is 7.50. The average molecular weight is 382 g/mol. The van der Waals surface area contributed by atoms with Crippen molar-refractivity contribution in [3.63, 3.8) is 0 Å². The highest BCUT2D eigenvalue weighted by molar-refractivity contribution is 5.93. The van der Waals surface area contributed by atoms with Crippen LogP contribution in [-0.4, -0.2) is 47.0 Å². The van der Waals surface area contributed by atoms with Gasteiger partial charge in [0.15, 0.2) is 0 Å². The van der Waals surface area contributed by atoms with E-state index in [9.17, 15) is 4.79 Å². The molecule has 0 unspecified atom stereocenters. The third kappa shape index (κ3) is 4.80. The molecule has 28 heavy (non-hydrogen) atoms. The predicted molar refractivity (Wildman–Crippen MR) is 114 cm³/mol. The Hall–Kier alpha value is -2.63. The molecule has 2 aromatic rings. The minimum absolute atomic E-state index is 0.00247. The van der Waals surface area contributed by atoms with Crippen molar-refractivity contribution in [3.8, 4) is 0 Å². The standard InChI is InChI=1S/C22H31N5O/c1-5-26(6-2)19-9-7-18(8-10-19)25-21-15-20(23-17(4)24-21)22(28)27-13-11-16(3)12-14-27/h7-10,15-16H,5-6,11-14H2,1-4H3,(H,23,24,25). The number of anilines is 3. The molecule has 6 nitrogen and oxygen atoms in total. The molecular formula is C22H31N5O. The Kier molecular flexibility index (Phi) is 6.49. The van der Waals surface area contributed by atoms with Gasteiger partial charge in [-0.2, -0.15) is 0 Å². The van der Waals surface area contributed by atoms with Crippen molar-refractivity contribution in [2.75, 3.05) is 36.4 Å². The Morgan fingerprint density at radius 1 is 1.14 bits per heavy atom. The van der Waals surface area contributed by atoms with Gasteiger partial charge in [-0.25, -0.2) is 9.97 Å². The summed E-state index contributed by atoms with van der Waals surface area (Å²) in [7, 11) is 0. The van der Waals surface area contributed by atoms with Crippen LogP contribution < -0.4 is 10.2 Å². The molecule has 0 atom stereocenters. The number of aryl methyl sites for hydroxylation is 1. The Labute approximate surface area is 168 Å². The lowest BCUT2D eigenvalue weighted by Crippen LogP contribution is -2.38. The minimum atomic E-state index is -0.00247. The maximum atomic E-state index is 12.9. The Morgan fingerprint density at radius 2 is 1.79 bits per heavy atom. The van der Waals surface area contributed by atoms with Gasteiger partial charge in [0.2, 0.25) is 0 Å². The second-order valence-electron chi connectivity index (χ2n) is 7.50. The van der Waals surface area contributed by atoms with Gasteiger partial charge in [0, 0.05) is 43.6 Å². The average Bonchev–Trinajstić information content (AvgIpc) is 2.70. The summed E-state index contributed by atoms with van der Waals surface area (Å²) in [6.45, 7) is 11.9. The van der Waals surface area contributed by atoms with Gasteiger partial charge in [-0.1, -0.05) is 6.92 Å². The Balaban J connectivity index is 1.73. The number of carbonyl (C=O) groups is 1. The predicted octanol–water partition coefficient (Wildman–Crippen LogP) is 4.25. The second kappa shape index (κ2) is 9.04. The Bertz CT molecular complexity index is 793. The number of nitrogens with zero attached hydrogens (tertiary/aromatic N) is 4. The lowest BCUT2D eigenvalue weighted by Gasteiger charge is -2.30. The van der Waals surface area contributed by atoms with E-state index in [0.717, 1.165) is 44.7 Å². The number of nitrogens with one attached hydrogen (secondary N) is 1. The Morgan fingerprint density at radius 3 is 2.39 bits per heavy atom. The summed E-state index contributed by atoms with van der Waals surface area (Å²) in [5, 5.41) is 3.31. The summed E-state index contributed by atoms with van der Waals surface area (Å²) < 4.78 is 0. The SMILES string of the molecule is CCN(CC)c1ccc(Nc2cc(C(=O)N3CCC(C)CC3)nc(C)n2)cc1. The van der Waals surface area contributed by atoms with E-state index in [-0.39, 0.29) is 5.91 Å². The van der Waals surface area contributed by atoms with E-state index in [1.165, 1.54) is 5.69 Å². The van der Waals surface area contributed by atoms with Crippen molar-refractivity contribution in [3.05, 3.63) is 41.9 Å². The van der Waals surface area contributed by atoms with Gasteiger partial charge in [0.1, 0.15) is 17.3 Å². The van der Waals surface area contributed by atoms with Crippen molar-refractivity contribution in [1.29, 1.82) is 0 Å². The van der Waals surface area contributed by atoms with Crippen LogP contribution in [-0.2, 0) is 0 Å². The van der Waals surface area contributed by atoms with Crippen molar-refractivity contribution < 1.29 is 4.79 Å². The maximum Gasteiger partial charge on any atom is 0.272 e. The van der Waals surface area contributed by atoms with Gasteiger partial charge < -0.3 is 15.1 Å². The molecule has 0 bridgehead atoms. The topological polar surface area (TPSA) is 61.4 Å². The molecule has 0 radical (unpaired) electrons. The van der Waals surface area contributed by atoms with E-state index in [2.05, 4.69) is 53.1 Å². The molecule has 0 spiro atoms. The van der Waals surface area contributed by atoms with E-state index in [1.54, 1.807) is 6.07 Å². The van der Waals surface area contributed by atoms with Crippen LogP contribution in [0.15, 0.2) is 30.3 Å². The first-order valence-corrected chi connectivity index (χ1v) is 10.3. The van der Waals surface area contributed by atoms with Crippen LogP contribution in [0.5, 0.6) is 0 Å². The smallest absolute Gasteiger partial charge is 0.272 e. The normalized spacial score (nSPS) is 14.8.